The number of hydrogen-bond donors (Lipinski definition) is 1. The van der Waals surface area contributed by atoms with Crippen molar-refractivity contribution >= 4 is 0 Å². The van der Waals surface area contributed by atoms with E-state index in [0.717, 1.165) is 11.3 Å². The average molecular weight is 223 g/mol. The molecule has 0 radical (unpaired) electrons. The van der Waals surface area contributed by atoms with E-state index in [-0.39, 0.29) is 5.92 Å². The highest BCUT2D eigenvalue weighted by atomic mass is 16.6. The highest BCUT2D eigenvalue weighted by Gasteiger charge is 2.19. The topological polar surface area (TPSA) is 53.7 Å². The molecule has 0 bridgehead atoms. The number of fused-ring (bicyclic) bond motifs is 1. The largest absolute Gasteiger partial charge is 0.493 e. The fourth-order valence-corrected chi connectivity index (χ4v) is 1.71. The van der Waals surface area contributed by atoms with Crippen molar-refractivity contribution < 1.29 is 14.2 Å². The minimum absolute atomic E-state index is 0.282. The number of nitrogens with two attached hydrogens (primary N) is 1. The summed E-state index contributed by atoms with van der Waals surface area (Å²) in [5.41, 5.74) is 6.77. The molecule has 88 valence electrons. The van der Waals surface area contributed by atoms with Crippen LogP contribution in [0.4, 0.5) is 0 Å². The zero-order valence-corrected chi connectivity index (χ0v) is 9.66. The van der Waals surface area contributed by atoms with Gasteiger partial charge in [-0.1, -0.05) is 6.92 Å². The Morgan fingerprint density at radius 3 is 2.81 bits per heavy atom. The first kappa shape index (κ1) is 11.1. The molecule has 1 unspecified atom stereocenters. The molecule has 0 saturated carbocycles. The Morgan fingerprint density at radius 2 is 2.12 bits per heavy atom. The summed E-state index contributed by atoms with van der Waals surface area (Å²) in [7, 11) is 1.63. The quantitative estimate of drug-likeness (QED) is 0.844. The molecule has 0 spiro atoms. The molecule has 4 nitrogen and oxygen atoms in total. The molecule has 1 aromatic rings. The second-order valence-corrected chi connectivity index (χ2v) is 3.88. The number of ether oxygens (including phenoxy) is 3. The molecular formula is C12H17NO3. The lowest BCUT2D eigenvalue weighted by molar-refractivity contribution is 0.165. The van der Waals surface area contributed by atoms with Gasteiger partial charge in [0.15, 0.2) is 11.5 Å². The Labute approximate surface area is 95.3 Å². The Morgan fingerprint density at radius 1 is 1.38 bits per heavy atom. The molecule has 2 rings (SSSR count). The summed E-state index contributed by atoms with van der Waals surface area (Å²) >= 11 is 0. The summed E-state index contributed by atoms with van der Waals surface area (Å²) in [6.07, 6.45) is 0. The molecule has 0 fully saturated rings. The maximum Gasteiger partial charge on any atom is 0.203 e. The van der Waals surface area contributed by atoms with Gasteiger partial charge in [-0.3, -0.25) is 0 Å². The molecule has 16 heavy (non-hydrogen) atoms. The first-order valence-corrected chi connectivity index (χ1v) is 5.44. The lowest BCUT2D eigenvalue weighted by Crippen LogP contribution is -2.17. The Hall–Kier alpha value is -1.42. The molecule has 0 aromatic heterocycles. The summed E-state index contributed by atoms with van der Waals surface area (Å²) in [6.45, 7) is 3.82. The van der Waals surface area contributed by atoms with Crippen molar-refractivity contribution in [2.75, 3.05) is 26.9 Å². The van der Waals surface area contributed by atoms with Crippen LogP contribution in [0.2, 0.25) is 0 Å². The fourth-order valence-electron chi connectivity index (χ4n) is 1.71. The van der Waals surface area contributed by atoms with E-state index >= 15 is 0 Å². The zero-order chi connectivity index (χ0) is 11.5. The number of rotatable bonds is 3. The van der Waals surface area contributed by atoms with Crippen LogP contribution in [-0.4, -0.2) is 26.9 Å². The second-order valence-electron chi connectivity index (χ2n) is 3.88. The molecule has 0 aliphatic carbocycles. The van der Waals surface area contributed by atoms with Crippen molar-refractivity contribution in [2.45, 2.75) is 12.8 Å². The molecule has 2 N–H and O–H groups in total. The van der Waals surface area contributed by atoms with Gasteiger partial charge in [0.25, 0.3) is 0 Å². The van der Waals surface area contributed by atoms with E-state index in [1.54, 1.807) is 7.11 Å². The standard InChI is InChI=1S/C12H17NO3/c1-8(7-13)9-5-10(14-2)12-11(6-9)15-3-4-16-12/h5-6,8H,3-4,7,13H2,1-2H3. The highest BCUT2D eigenvalue weighted by molar-refractivity contribution is 5.55. The van der Waals surface area contributed by atoms with Gasteiger partial charge in [-0.15, -0.1) is 0 Å². The summed E-state index contributed by atoms with van der Waals surface area (Å²) < 4.78 is 16.4. The first-order chi connectivity index (χ1) is 7.76. The SMILES string of the molecule is COc1cc(C(C)CN)cc2c1OCCO2. The van der Waals surface area contributed by atoms with E-state index in [0.29, 0.717) is 31.3 Å². The number of benzene rings is 1. The molecule has 1 atom stereocenters. The Balaban J connectivity index is 2.43. The van der Waals surface area contributed by atoms with Crippen molar-refractivity contribution in [3.05, 3.63) is 17.7 Å². The maximum atomic E-state index is 5.66. The predicted octanol–water partition coefficient (Wildman–Crippen LogP) is 1.53. The first-order valence-electron chi connectivity index (χ1n) is 5.44. The van der Waals surface area contributed by atoms with E-state index in [9.17, 15) is 0 Å². The maximum absolute atomic E-state index is 5.66. The van der Waals surface area contributed by atoms with E-state index in [1.807, 2.05) is 12.1 Å². The summed E-state index contributed by atoms with van der Waals surface area (Å²) in [5.74, 6) is 2.44. The lowest BCUT2D eigenvalue weighted by Gasteiger charge is -2.22. The smallest absolute Gasteiger partial charge is 0.203 e. The van der Waals surface area contributed by atoms with Gasteiger partial charge in [0.2, 0.25) is 5.75 Å². The minimum atomic E-state index is 0.282. The molecule has 1 heterocycles. The Bertz CT molecular complexity index is 362. The highest BCUT2D eigenvalue weighted by Crippen LogP contribution is 2.41. The van der Waals surface area contributed by atoms with Crippen LogP contribution in [0, 0.1) is 0 Å². The van der Waals surface area contributed by atoms with Gasteiger partial charge < -0.3 is 19.9 Å². The van der Waals surface area contributed by atoms with Crippen LogP contribution in [0.15, 0.2) is 12.1 Å². The van der Waals surface area contributed by atoms with Crippen molar-refractivity contribution in [2.24, 2.45) is 5.73 Å². The normalized spacial score (nSPS) is 15.7. The van der Waals surface area contributed by atoms with Crippen molar-refractivity contribution in [1.82, 2.24) is 0 Å². The molecule has 1 aliphatic rings. The average Bonchev–Trinajstić information content (AvgIpc) is 2.36. The molecule has 4 heteroatoms. The van der Waals surface area contributed by atoms with E-state index in [1.165, 1.54) is 0 Å². The van der Waals surface area contributed by atoms with Gasteiger partial charge in [0.1, 0.15) is 13.2 Å². The van der Waals surface area contributed by atoms with E-state index < -0.39 is 0 Å². The summed E-state index contributed by atoms with van der Waals surface area (Å²) in [6, 6.07) is 3.94. The van der Waals surface area contributed by atoms with Gasteiger partial charge in [0.05, 0.1) is 7.11 Å². The van der Waals surface area contributed by atoms with E-state index in [2.05, 4.69) is 6.92 Å². The predicted molar refractivity (Wildman–Crippen MR) is 61.5 cm³/mol. The van der Waals surface area contributed by atoms with Crippen molar-refractivity contribution in [3.63, 3.8) is 0 Å². The summed E-state index contributed by atoms with van der Waals surface area (Å²) in [4.78, 5) is 0. The fraction of sp³-hybridized carbons (Fsp3) is 0.500. The van der Waals surface area contributed by atoms with Gasteiger partial charge in [-0.2, -0.15) is 0 Å². The minimum Gasteiger partial charge on any atom is -0.493 e. The van der Waals surface area contributed by atoms with E-state index in [4.69, 9.17) is 19.9 Å². The molecule has 1 aromatic carbocycles. The van der Waals surface area contributed by atoms with Crippen LogP contribution in [0.3, 0.4) is 0 Å². The van der Waals surface area contributed by atoms with Crippen LogP contribution in [0.25, 0.3) is 0 Å². The van der Waals surface area contributed by atoms with Gasteiger partial charge in [0, 0.05) is 0 Å². The Kier molecular flexibility index (Phi) is 3.19. The molecule has 1 aliphatic heterocycles. The lowest BCUT2D eigenvalue weighted by atomic mass is 10.0. The zero-order valence-electron chi connectivity index (χ0n) is 9.66. The number of methoxy groups -OCH3 is 1. The third kappa shape index (κ3) is 1.93. The van der Waals surface area contributed by atoms with Crippen LogP contribution in [0.5, 0.6) is 17.2 Å². The molecule has 0 amide bonds. The van der Waals surface area contributed by atoms with Gasteiger partial charge in [-0.05, 0) is 30.2 Å². The van der Waals surface area contributed by atoms with Crippen LogP contribution >= 0.6 is 0 Å². The molecule has 0 saturated heterocycles. The van der Waals surface area contributed by atoms with Crippen LogP contribution < -0.4 is 19.9 Å². The second kappa shape index (κ2) is 4.61. The van der Waals surface area contributed by atoms with Gasteiger partial charge in [-0.25, -0.2) is 0 Å². The summed E-state index contributed by atoms with van der Waals surface area (Å²) in [5, 5.41) is 0. The van der Waals surface area contributed by atoms with Crippen molar-refractivity contribution in [1.29, 1.82) is 0 Å². The van der Waals surface area contributed by atoms with Gasteiger partial charge >= 0.3 is 0 Å². The van der Waals surface area contributed by atoms with Crippen molar-refractivity contribution in [3.8, 4) is 17.2 Å². The number of hydrogen-bond acceptors (Lipinski definition) is 4. The third-order valence-electron chi connectivity index (χ3n) is 2.77. The third-order valence-corrected chi connectivity index (χ3v) is 2.77. The molecular weight excluding hydrogens is 206 g/mol. The van der Waals surface area contributed by atoms with Crippen LogP contribution in [-0.2, 0) is 0 Å². The monoisotopic (exact) mass is 223 g/mol. The van der Waals surface area contributed by atoms with Crippen LogP contribution in [0.1, 0.15) is 18.4 Å².